The van der Waals surface area contributed by atoms with Crippen molar-refractivity contribution in [3.8, 4) is 0 Å². The Morgan fingerprint density at radius 3 is 2.50 bits per heavy atom. The first-order valence-corrected chi connectivity index (χ1v) is 9.85. The van der Waals surface area contributed by atoms with E-state index in [9.17, 15) is 14.4 Å². The van der Waals surface area contributed by atoms with E-state index in [1.165, 1.54) is 4.57 Å². The minimum Gasteiger partial charge on any atom is -0.372 e. The number of amides is 1. The second kappa shape index (κ2) is 7.87. The zero-order valence-electron chi connectivity index (χ0n) is 17.1. The number of pyridine rings is 1. The van der Waals surface area contributed by atoms with E-state index >= 15 is 0 Å². The third-order valence-corrected chi connectivity index (χ3v) is 4.94. The molecule has 8 nitrogen and oxygen atoms in total. The lowest BCUT2D eigenvalue weighted by molar-refractivity contribution is -0.0585. The molecule has 1 amide bonds. The predicted molar refractivity (Wildman–Crippen MR) is 107 cm³/mol. The number of rotatable bonds is 4. The summed E-state index contributed by atoms with van der Waals surface area (Å²) in [5.41, 5.74) is 0.174. The van der Waals surface area contributed by atoms with Gasteiger partial charge in [0.15, 0.2) is 5.65 Å². The van der Waals surface area contributed by atoms with Crippen LogP contribution in [0.15, 0.2) is 15.7 Å². The molecule has 1 aliphatic rings. The van der Waals surface area contributed by atoms with Crippen molar-refractivity contribution in [1.82, 2.24) is 19.4 Å². The molecule has 3 rings (SSSR count). The van der Waals surface area contributed by atoms with Crippen molar-refractivity contribution in [3.63, 3.8) is 0 Å². The fourth-order valence-corrected chi connectivity index (χ4v) is 3.70. The fraction of sp³-hybridized carbons (Fsp3) is 0.600. The van der Waals surface area contributed by atoms with Crippen molar-refractivity contribution >= 4 is 16.9 Å². The summed E-state index contributed by atoms with van der Waals surface area (Å²) in [6.45, 7) is 11.1. The van der Waals surface area contributed by atoms with Crippen molar-refractivity contribution in [2.75, 3.05) is 13.1 Å². The van der Waals surface area contributed by atoms with Gasteiger partial charge in [-0.1, -0.05) is 20.8 Å². The summed E-state index contributed by atoms with van der Waals surface area (Å²) in [5.74, 6) is -0.188. The second-order valence-corrected chi connectivity index (χ2v) is 7.83. The Labute approximate surface area is 163 Å². The van der Waals surface area contributed by atoms with Crippen molar-refractivity contribution in [2.24, 2.45) is 0 Å². The summed E-state index contributed by atoms with van der Waals surface area (Å²) in [6, 6.07) is 1.69. The molecule has 0 radical (unpaired) electrons. The van der Waals surface area contributed by atoms with E-state index in [0.29, 0.717) is 37.3 Å². The summed E-state index contributed by atoms with van der Waals surface area (Å²) in [6.07, 6.45) is 0.542. The highest BCUT2D eigenvalue weighted by Gasteiger charge is 2.29. The summed E-state index contributed by atoms with van der Waals surface area (Å²) in [7, 11) is 0. The van der Waals surface area contributed by atoms with Gasteiger partial charge in [-0.15, -0.1) is 0 Å². The topological polar surface area (TPSA) is 97.3 Å². The minimum atomic E-state index is -0.576. The Balaban J connectivity index is 2.26. The van der Waals surface area contributed by atoms with Gasteiger partial charge in [-0.3, -0.25) is 19.1 Å². The number of morpholine rings is 1. The average molecular weight is 388 g/mol. The lowest BCUT2D eigenvalue weighted by Gasteiger charge is -2.35. The molecule has 1 saturated heterocycles. The SMILES string of the molecule is CCCn1c(=O)[nH]c(=O)c2c(C(=O)N3CC(C)OC(C)C3)cc(C(C)C)nc21. The molecule has 152 valence electrons. The number of nitrogens with zero attached hydrogens (tertiary/aromatic N) is 3. The number of fused-ring (bicyclic) bond motifs is 1. The molecule has 3 heterocycles. The second-order valence-electron chi connectivity index (χ2n) is 7.83. The number of hydrogen-bond acceptors (Lipinski definition) is 5. The van der Waals surface area contributed by atoms with Crippen LogP contribution in [0, 0.1) is 0 Å². The van der Waals surface area contributed by atoms with Crippen LogP contribution in [0.4, 0.5) is 0 Å². The maximum absolute atomic E-state index is 13.4. The molecule has 0 bridgehead atoms. The minimum absolute atomic E-state index is 0.0444. The third-order valence-electron chi connectivity index (χ3n) is 4.94. The number of aryl methyl sites for hydroxylation is 1. The molecule has 2 aromatic rings. The molecule has 2 aromatic heterocycles. The first-order chi connectivity index (χ1) is 13.2. The van der Waals surface area contributed by atoms with Gasteiger partial charge >= 0.3 is 5.69 Å². The molecule has 2 unspecified atom stereocenters. The van der Waals surface area contributed by atoms with Gasteiger partial charge < -0.3 is 9.64 Å². The Morgan fingerprint density at radius 2 is 1.93 bits per heavy atom. The molecule has 8 heteroatoms. The van der Waals surface area contributed by atoms with Crippen LogP contribution < -0.4 is 11.2 Å². The molecule has 0 spiro atoms. The normalized spacial score (nSPS) is 20.1. The lowest BCUT2D eigenvalue weighted by atomic mass is 10.0. The summed E-state index contributed by atoms with van der Waals surface area (Å²) in [4.78, 5) is 47.1. The highest BCUT2D eigenvalue weighted by Crippen LogP contribution is 2.22. The van der Waals surface area contributed by atoms with Crippen molar-refractivity contribution < 1.29 is 9.53 Å². The summed E-state index contributed by atoms with van der Waals surface area (Å²) < 4.78 is 7.17. The molecular formula is C20H28N4O4. The maximum Gasteiger partial charge on any atom is 0.329 e. The van der Waals surface area contributed by atoms with Gasteiger partial charge in [-0.2, -0.15) is 0 Å². The molecule has 28 heavy (non-hydrogen) atoms. The van der Waals surface area contributed by atoms with Crippen LogP contribution in [0.25, 0.3) is 11.0 Å². The van der Waals surface area contributed by atoms with Crippen molar-refractivity contribution in [3.05, 3.63) is 38.2 Å². The van der Waals surface area contributed by atoms with Gasteiger partial charge in [0, 0.05) is 25.3 Å². The standard InChI is InChI=1S/C20H28N4O4/c1-6-7-24-17-16(18(25)22-20(24)27)14(8-15(21-17)11(2)3)19(26)23-9-12(4)28-13(5)10-23/h8,11-13H,6-7,9-10H2,1-5H3,(H,22,25,27). The average Bonchev–Trinajstić information content (AvgIpc) is 2.62. The summed E-state index contributed by atoms with van der Waals surface area (Å²) in [5, 5.41) is 0.175. The quantitative estimate of drug-likeness (QED) is 0.862. The van der Waals surface area contributed by atoms with Gasteiger partial charge in [0.1, 0.15) is 0 Å². The number of carbonyl (C=O) groups excluding carboxylic acids is 1. The van der Waals surface area contributed by atoms with Crippen molar-refractivity contribution in [2.45, 2.75) is 65.7 Å². The predicted octanol–water partition coefficient (Wildman–Crippen LogP) is 1.87. The zero-order chi connectivity index (χ0) is 20.6. The van der Waals surface area contributed by atoms with Gasteiger partial charge in [-0.25, -0.2) is 9.78 Å². The van der Waals surface area contributed by atoms with Gasteiger partial charge in [0.2, 0.25) is 0 Å². The molecular weight excluding hydrogens is 360 g/mol. The van der Waals surface area contributed by atoms with E-state index in [1.54, 1.807) is 11.0 Å². The number of nitrogens with one attached hydrogen (secondary N) is 1. The first kappa shape index (κ1) is 20.3. The van der Waals surface area contributed by atoms with E-state index in [4.69, 9.17) is 4.74 Å². The van der Waals surface area contributed by atoms with Crippen LogP contribution in [0.3, 0.4) is 0 Å². The Hall–Kier alpha value is -2.48. The van der Waals surface area contributed by atoms with Crippen LogP contribution in [-0.2, 0) is 11.3 Å². The number of aromatic amines is 1. The van der Waals surface area contributed by atoms with E-state index in [2.05, 4.69) is 9.97 Å². The Kier molecular flexibility index (Phi) is 5.69. The Morgan fingerprint density at radius 1 is 1.29 bits per heavy atom. The van der Waals surface area contributed by atoms with Crippen LogP contribution in [-0.4, -0.2) is 50.6 Å². The maximum atomic E-state index is 13.4. The van der Waals surface area contributed by atoms with Gasteiger partial charge in [-0.05, 0) is 32.3 Å². The highest BCUT2D eigenvalue weighted by molar-refractivity contribution is 6.05. The highest BCUT2D eigenvalue weighted by atomic mass is 16.5. The number of aromatic nitrogens is 3. The van der Waals surface area contributed by atoms with E-state index in [-0.39, 0.29) is 35.1 Å². The van der Waals surface area contributed by atoms with Gasteiger partial charge in [0.05, 0.1) is 23.2 Å². The van der Waals surface area contributed by atoms with Crippen LogP contribution in [0.5, 0.6) is 0 Å². The molecule has 1 aliphatic heterocycles. The first-order valence-electron chi connectivity index (χ1n) is 9.85. The third kappa shape index (κ3) is 3.73. The molecule has 0 saturated carbocycles. The molecule has 2 atom stereocenters. The van der Waals surface area contributed by atoms with E-state index < -0.39 is 11.2 Å². The van der Waals surface area contributed by atoms with Crippen LogP contribution >= 0.6 is 0 Å². The smallest absolute Gasteiger partial charge is 0.329 e. The number of carbonyl (C=O) groups is 1. The molecule has 1 fully saturated rings. The number of H-pyrrole nitrogens is 1. The monoisotopic (exact) mass is 388 g/mol. The fourth-order valence-electron chi connectivity index (χ4n) is 3.70. The molecule has 0 aliphatic carbocycles. The van der Waals surface area contributed by atoms with Crippen LogP contribution in [0.2, 0.25) is 0 Å². The molecule has 0 aromatic carbocycles. The van der Waals surface area contributed by atoms with Crippen LogP contribution in [0.1, 0.15) is 63.0 Å². The van der Waals surface area contributed by atoms with E-state index in [1.807, 2.05) is 34.6 Å². The van der Waals surface area contributed by atoms with Gasteiger partial charge in [0.25, 0.3) is 11.5 Å². The number of ether oxygens (including phenoxy) is 1. The lowest BCUT2D eigenvalue weighted by Crippen LogP contribution is -2.48. The molecule has 1 N–H and O–H groups in total. The number of hydrogen-bond donors (Lipinski definition) is 1. The van der Waals surface area contributed by atoms with E-state index in [0.717, 1.165) is 0 Å². The largest absolute Gasteiger partial charge is 0.372 e. The zero-order valence-corrected chi connectivity index (χ0v) is 17.1. The summed E-state index contributed by atoms with van der Waals surface area (Å²) >= 11 is 0. The van der Waals surface area contributed by atoms with Crippen molar-refractivity contribution in [1.29, 1.82) is 0 Å². The Bertz CT molecular complexity index is 998.